The number of carbonyl (C=O) groups excluding carboxylic acids is 3. The number of methoxy groups -OCH3 is 1. The van der Waals surface area contributed by atoms with E-state index in [2.05, 4.69) is 10.6 Å². The number of carbonyl (C=O) groups is 3. The molecular formula is C27H25FN2O4. The lowest BCUT2D eigenvalue weighted by Crippen LogP contribution is -2.54. The first-order valence-electron chi connectivity index (χ1n) is 11.0. The summed E-state index contributed by atoms with van der Waals surface area (Å²) in [7, 11) is 1.28. The SMILES string of the molecule is COC(=O)[C@@H](NC(=O)[C@@H](Cc1ccc(F)cc1)NC(C)=O)C1c2ccccc2-c2ccccc21. The number of halogens is 1. The van der Waals surface area contributed by atoms with E-state index in [1.54, 1.807) is 12.1 Å². The first-order chi connectivity index (χ1) is 16.4. The van der Waals surface area contributed by atoms with Crippen molar-refractivity contribution < 1.29 is 23.5 Å². The number of benzene rings is 3. The van der Waals surface area contributed by atoms with Gasteiger partial charge in [-0.1, -0.05) is 60.7 Å². The molecule has 0 spiro atoms. The van der Waals surface area contributed by atoms with Crippen LogP contribution in [-0.2, 0) is 25.5 Å². The third-order valence-electron chi connectivity index (χ3n) is 6.02. The molecule has 1 aliphatic rings. The van der Waals surface area contributed by atoms with Crippen LogP contribution in [0, 0.1) is 5.82 Å². The van der Waals surface area contributed by atoms with Crippen molar-refractivity contribution in [1.29, 1.82) is 0 Å². The van der Waals surface area contributed by atoms with Gasteiger partial charge in [0.05, 0.1) is 7.11 Å². The molecule has 2 atom stereocenters. The largest absolute Gasteiger partial charge is 0.467 e. The van der Waals surface area contributed by atoms with Gasteiger partial charge in [0.1, 0.15) is 17.9 Å². The molecule has 7 heteroatoms. The fourth-order valence-corrected chi connectivity index (χ4v) is 4.52. The van der Waals surface area contributed by atoms with Crippen molar-refractivity contribution in [2.45, 2.75) is 31.3 Å². The van der Waals surface area contributed by atoms with Crippen LogP contribution >= 0.6 is 0 Å². The normalized spacial score (nSPS) is 13.9. The van der Waals surface area contributed by atoms with Gasteiger partial charge in [0.2, 0.25) is 11.8 Å². The third kappa shape index (κ3) is 4.69. The van der Waals surface area contributed by atoms with E-state index in [-0.39, 0.29) is 6.42 Å². The van der Waals surface area contributed by atoms with Crippen LogP contribution in [0.2, 0.25) is 0 Å². The molecule has 0 fully saturated rings. The number of hydrogen-bond donors (Lipinski definition) is 2. The van der Waals surface area contributed by atoms with Crippen molar-refractivity contribution in [1.82, 2.24) is 10.6 Å². The van der Waals surface area contributed by atoms with Gasteiger partial charge in [-0.05, 0) is 39.9 Å². The van der Waals surface area contributed by atoms with Crippen LogP contribution in [-0.4, -0.2) is 37.0 Å². The molecule has 1 aliphatic carbocycles. The van der Waals surface area contributed by atoms with Crippen molar-refractivity contribution in [3.05, 3.63) is 95.3 Å². The second kappa shape index (κ2) is 9.87. The molecule has 4 rings (SSSR count). The lowest BCUT2D eigenvalue weighted by atomic mass is 9.89. The highest BCUT2D eigenvalue weighted by Gasteiger charge is 2.40. The second-order valence-electron chi connectivity index (χ2n) is 8.25. The minimum atomic E-state index is -1.01. The summed E-state index contributed by atoms with van der Waals surface area (Å²) >= 11 is 0. The lowest BCUT2D eigenvalue weighted by molar-refractivity contribution is -0.145. The Morgan fingerprint density at radius 3 is 1.97 bits per heavy atom. The van der Waals surface area contributed by atoms with E-state index < -0.39 is 41.6 Å². The number of esters is 1. The van der Waals surface area contributed by atoms with E-state index in [9.17, 15) is 18.8 Å². The summed E-state index contributed by atoms with van der Waals surface area (Å²) in [5.74, 6) is -2.36. The van der Waals surface area contributed by atoms with Gasteiger partial charge in [-0.15, -0.1) is 0 Å². The van der Waals surface area contributed by atoms with Crippen molar-refractivity contribution in [2.75, 3.05) is 7.11 Å². The molecule has 0 saturated heterocycles. The molecule has 0 heterocycles. The summed E-state index contributed by atoms with van der Waals surface area (Å²) in [6.45, 7) is 1.31. The Hall–Kier alpha value is -4.00. The summed E-state index contributed by atoms with van der Waals surface area (Å²) in [4.78, 5) is 38.1. The van der Waals surface area contributed by atoms with E-state index in [1.807, 2.05) is 48.5 Å². The zero-order chi connectivity index (χ0) is 24.2. The number of fused-ring (bicyclic) bond motifs is 3. The number of hydrogen-bond acceptors (Lipinski definition) is 4. The molecule has 0 aliphatic heterocycles. The Bertz CT molecular complexity index is 1180. The van der Waals surface area contributed by atoms with E-state index >= 15 is 0 Å². The highest BCUT2D eigenvalue weighted by molar-refractivity contribution is 5.92. The molecule has 0 aromatic heterocycles. The molecule has 6 nitrogen and oxygen atoms in total. The van der Waals surface area contributed by atoms with Crippen LogP contribution < -0.4 is 10.6 Å². The first kappa shape index (κ1) is 23.2. The van der Waals surface area contributed by atoms with Crippen LogP contribution in [0.3, 0.4) is 0 Å². The van der Waals surface area contributed by atoms with Crippen LogP contribution in [0.5, 0.6) is 0 Å². The lowest BCUT2D eigenvalue weighted by Gasteiger charge is -2.27. The molecule has 174 valence electrons. The van der Waals surface area contributed by atoms with Gasteiger partial charge in [0.25, 0.3) is 0 Å². The summed E-state index contributed by atoms with van der Waals surface area (Å²) in [5, 5.41) is 5.46. The molecule has 0 saturated carbocycles. The van der Waals surface area contributed by atoms with Crippen LogP contribution in [0.25, 0.3) is 11.1 Å². The maximum atomic E-state index is 13.4. The van der Waals surface area contributed by atoms with Crippen molar-refractivity contribution >= 4 is 17.8 Å². The predicted octanol–water partition coefficient (Wildman–Crippen LogP) is 3.34. The zero-order valence-electron chi connectivity index (χ0n) is 18.9. The minimum Gasteiger partial charge on any atom is -0.467 e. The van der Waals surface area contributed by atoms with E-state index in [1.165, 1.54) is 26.2 Å². The van der Waals surface area contributed by atoms with Gasteiger partial charge >= 0.3 is 5.97 Å². The minimum absolute atomic E-state index is 0.136. The average molecular weight is 461 g/mol. The summed E-state index contributed by atoms with van der Waals surface area (Å²) in [6, 6.07) is 19.2. The molecule has 34 heavy (non-hydrogen) atoms. The Labute approximate surface area is 197 Å². The van der Waals surface area contributed by atoms with Gasteiger partial charge in [0.15, 0.2) is 0 Å². The Kier molecular flexibility index (Phi) is 6.72. The van der Waals surface area contributed by atoms with Gasteiger partial charge in [0, 0.05) is 19.3 Å². The fourth-order valence-electron chi connectivity index (χ4n) is 4.52. The molecule has 2 N–H and O–H groups in total. The zero-order valence-corrected chi connectivity index (χ0v) is 18.9. The van der Waals surface area contributed by atoms with Crippen LogP contribution in [0.1, 0.15) is 29.5 Å². The number of nitrogens with one attached hydrogen (secondary N) is 2. The fraction of sp³-hybridized carbons (Fsp3) is 0.222. The van der Waals surface area contributed by atoms with Gasteiger partial charge < -0.3 is 15.4 Å². The topological polar surface area (TPSA) is 84.5 Å². The first-order valence-corrected chi connectivity index (χ1v) is 11.0. The van der Waals surface area contributed by atoms with E-state index in [0.29, 0.717) is 5.56 Å². The maximum absolute atomic E-state index is 13.4. The Morgan fingerprint density at radius 1 is 0.882 bits per heavy atom. The molecule has 2 amide bonds. The summed E-state index contributed by atoms with van der Waals surface area (Å²) < 4.78 is 18.4. The highest BCUT2D eigenvalue weighted by atomic mass is 19.1. The summed E-state index contributed by atoms with van der Waals surface area (Å²) in [5.41, 5.74) is 4.48. The highest BCUT2D eigenvalue weighted by Crippen LogP contribution is 2.46. The van der Waals surface area contributed by atoms with E-state index in [4.69, 9.17) is 4.74 Å². The average Bonchev–Trinajstić information content (AvgIpc) is 3.17. The molecule has 3 aromatic rings. The van der Waals surface area contributed by atoms with Crippen molar-refractivity contribution in [3.8, 4) is 11.1 Å². The molecule has 3 aromatic carbocycles. The van der Waals surface area contributed by atoms with Crippen molar-refractivity contribution in [3.63, 3.8) is 0 Å². The smallest absolute Gasteiger partial charge is 0.329 e. The second-order valence-corrected chi connectivity index (χ2v) is 8.25. The van der Waals surface area contributed by atoms with Gasteiger partial charge in [-0.25, -0.2) is 9.18 Å². The molecule has 0 radical (unpaired) electrons. The van der Waals surface area contributed by atoms with Gasteiger partial charge in [-0.3, -0.25) is 9.59 Å². The van der Waals surface area contributed by atoms with Gasteiger partial charge in [-0.2, -0.15) is 0 Å². The summed E-state index contributed by atoms with van der Waals surface area (Å²) in [6.07, 6.45) is 0.136. The standard InChI is InChI=1S/C27H25FN2O4/c1-16(31)29-23(15-17-11-13-18(28)14-12-17)26(32)30-25(27(33)34-2)24-21-9-5-3-7-19(21)20-8-4-6-10-22(20)24/h3-14,23-25H,15H2,1-2H3,(H,29,31)(H,30,32)/t23-,25+/m1/s1. The quantitative estimate of drug-likeness (QED) is 0.530. The molecular weight excluding hydrogens is 435 g/mol. The van der Waals surface area contributed by atoms with Crippen molar-refractivity contribution in [2.24, 2.45) is 0 Å². The number of amides is 2. The Morgan fingerprint density at radius 2 is 1.44 bits per heavy atom. The van der Waals surface area contributed by atoms with Crippen LogP contribution in [0.15, 0.2) is 72.8 Å². The van der Waals surface area contributed by atoms with E-state index in [0.717, 1.165) is 22.3 Å². The Balaban J connectivity index is 1.66. The number of ether oxygens (including phenoxy) is 1. The third-order valence-corrected chi connectivity index (χ3v) is 6.02. The molecule has 0 unspecified atom stereocenters. The molecule has 0 bridgehead atoms. The monoisotopic (exact) mass is 460 g/mol. The number of rotatable bonds is 7. The maximum Gasteiger partial charge on any atom is 0.329 e. The van der Waals surface area contributed by atoms with Crippen LogP contribution in [0.4, 0.5) is 4.39 Å². The predicted molar refractivity (Wildman–Crippen MR) is 125 cm³/mol.